The topological polar surface area (TPSA) is 64.6 Å². The molecule has 3 rings (SSSR count). The Hall–Kier alpha value is -1.75. The minimum Gasteiger partial charge on any atom is -0.480 e. The zero-order valence-electron chi connectivity index (χ0n) is 13.3. The van der Waals surface area contributed by atoms with Crippen LogP contribution in [0.1, 0.15) is 32.3 Å². The normalized spacial score (nSPS) is 22.4. The Bertz CT molecular complexity index is 551. The molecule has 3 N–H and O–H groups in total. The first-order chi connectivity index (χ1) is 10.5. The van der Waals surface area contributed by atoms with E-state index in [1.807, 2.05) is 12.1 Å². The molecule has 2 aliphatic rings. The van der Waals surface area contributed by atoms with Crippen molar-refractivity contribution in [2.24, 2.45) is 0 Å². The predicted molar refractivity (Wildman–Crippen MR) is 88.5 cm³/mol. The standard InChI is InChI=1S/C17H25N3O2/c1-11(2)20-7-5-13(6-8-20)18-14-3-4-15-12(9-14)10-16(19-15)17(21)22/h3-4,9,11,13,16,18-19H,5-8,10H2,1-2H3,(H,21,22). The monoisotopic (exact) mass is 303 g/mol. The summed E-state index contributed by atoms with van der Waals surface area (Å²) in [4.78, 5) is 13.6. The largest absolute Gasteiger partial charge is 0.480 e. The van der Waals surface area contributed by atoms with Crippen molar-refractivity contribution < 1.29 is 9.90 Å². The number of carboxylic acids is 1. The molecular formula is C17H25N3O2. The molecule has 1 unspecified atom stereocenters. The molecule has 0 radical (unpaired) electrons. The van der Waals surface area contributed by atoms with E-state index in [9.17, 15) is 4.79 Å². The maximum atomic E-state index is 11.1. The van der Waals surface area contributed by atoms with E-state index in [-0.39, 0.29) is 0 Å². The highest BCUT2D eigenvalue weighted by atomic mass is 16.4. The Balaban J connectivity index is 1.59. The van der Waals surface area contributed by atoms with Crippen LogP contribution in [-0.4, -0.2) is 47.2 Å². The first-order valence-electron chi connectivity index (χ1n) is 8.16. The Morgan fingerprint density at radius 3 is 2.73 bits per heavy atom. The van der Waals surface area contributed by atoms with E-state index in [0.29, 0.717) is 18.5 Å². The van der Waals surface area contributed by atoms with Crippen LogP contribution < -0.4 is 10.6 Å². The van der Waals surface area contributed by atoms with Crippen molar-refractivity contribution in [3.8, 4) is 0 Å². The average Bonchev–Trinajstić information content (AvgIpc) is 2.91. The Morgan fingerprint density at radius 1 is 1.36 bits per heavy atom. The molecule has 1 atom stereocenters. The molecule has 2 aliphatic heterocycles. The number of benzene rings is 1. The van der Waals surface area contributed by atoms with E-state index in [2.05, 4.69) is 35.4 Å². The molecule has 22 heavy (non-hydrogen) atoms. The van der Waals surface area contributed by atoms with Gasteiger partial charge in [-0.25, -0.2) is 4.79 Å². The van der Waals surface area contributed by atoms with Gasteiger partial charge in [-0.05, 0) is 50.5 Å². The number of rotatable bonds is 4. The zero-order chi connectivity index (χ0) is 15.7. The number of hydrogen-bond acceptors (Lipinski definition) is 4. The van der Waals surface area contributed by atoms with Crippen molar-refractivity contribution >= 4 is 17.3 Å². The van der Waals surface area contributed by atoms with Crippen LogP contribution in [0.15, 0.2) is 18.2 Å². The molecule has 1 aromatic carbocycles. The summed E-state index contributed by atoms with van der Waals surface area (Å²) in [7, 11) is 0. The molecule has 120 valence electrons. The fourth-order valence-electron chi connectivity index (χ4n) is 3.40. The van der Waals surface area contributed by atoms with Gasteiger partial charge in [0, 0.05) is 43.0 Å². The number of likely N-dealkylation sites (tertiary alicyclic amines) is 1. The third kappa shape index (κ3) is 3.19. The van der Waals surface area contributed by atoms with Crippen LogP contribution in [0.4, 0.5) is 11.4 Å². The van der Waals surface area contributed by atoms with Crippen LogP contribution in [0, 0.1) is 0 Å². The number of carboxylic acid groups (broad SMARTS) is 1. The van der Waals surface area contributed by atoms with Gasteiger partial charge in [0.05, 0.1) is 0 Å². The van der Waals surface area contributed by atoms with Crippen molar-refractivity contribution in [2.45, 2.75) is 51.2 Å². The molecule has 1 fully saturated rings. The molecule has 0 aliphatic carbocycles. The summed E-state index contributed by atoms with van der Waals surface area (Å²) in [6, 6.07) is 6.78. The summed E-state index contributed by atoms with van der Waals surface area (Å²) in [6.07, 6.45) is 2.88. The highest BCUT2D eigenvalue weighted by Crippen LogP contribution is 2.29. The molecule has 5 nitrogen and oxygen atoms in total. The van der Waals surface area contributed by atoms with E-state index >= 15 is 0 Å². The smallest absolute Gasteiger partial charge is 0.326 e. The summed E-state index contributed by atoms with van der Waals surface area (Å²) in [5, 5.41) is 15.8. The average molecular weight is 303 g/mol. The van der Waals surface area contributed by atoms with Gasteiger partial charge in [0.2, 0.25) is 0 Å². The molecule has 1 aromatic rings. The second-order valence-corrected chi connectivity index (χ2v) is 6.66. The lowest BCUT2D eigenvalue weighted by Crippen LogP contribution is -2.42. The van der Waals surface area contributed by atoms with Gasteiger partial charge >= 0.3 is 5.97 Å². The number of aliphatic carboxylic acids is 1. The number of nitrogens with zero attached hydrogens (tertiary/aromatic N) is 1. The quantitative estimate of drug-likeness (QED) is 0.797. The van der Waals surface area contributed by atoms with Crippen molar-refractivity contribution in [1.29, 1.82) is 0 Å². The lowest BCUT2D eigenvalue weighted by molar-refractivity contribution is -0.137. The van der Waals surface area contributed by atoms with Crippen molar-refractivity contribution in [1.82, 2.24) is 4.90 Å². The van der Waals surface area contributed by atoms with Crippen molar-refractivity contribution in [2.75, 3.05) is 23.7 Å². The van der Waals surface area contributed by atoms with Gasteiger partial charge < -0.3 is 20.6 Å². The number of carbonyl (C=O) groups is 1. The minimum atomic E-state index is -0.785. The molecule has 0 bridgehead atoms. The molecule has 0 saturated carbocycles. The highest BCUT2D eigenvalue weighted by molar-refractivity contribution is 5.81. The predicted octanol–water partition coefficient (Wildman–Crippen LogP) is 2.39. The molecular weight excluding hydrogens is 278 g/mol. The summed E-state index contributed by atoms with van der Waals surface area (Å²) in [5.74, 6) is -0.785. The fourth-order valence-corrected chi connectivity index (χ4v) is 3.40. The van der Waals surface area contributed by atoms with Gasteiger partial charge in [-0.15, -0.1) is 0 Å². The van der Waals surface area contributed by atoms with E-state index in [4.69, 9.17) is 5.11 Å². The maximum absolute atomic E-state index is 11.1. The second kappa shape index (κ2) is 6.16. The van der Waals surface area contributed by atoms with E-state index in [1.165, 1.54) is 0 Å². The number of nitrogens with one attached hydrogen (secondary N) is 2. The van der Waals surface area contributed by atoms with Crippen LogP contribution in [0.3, 0.4) is 0 Å². The molecule has 0 spiro atoms. The van der Waals surface area contributed by atoms with Gasteiger partial charge in [0.1, 0.15) is 6.04 Å². The third-order valence-corrected chi connectivity index (χ3v) is 4.79. The number of fused-ring (bicyclic) bond motifs is 1. The summed E-state index contributed by atoms with van der Waals surface area (Å²) in [6.45, 7) is 6.78. The van der Waals surface area contributed by atoms with Crippen LogP contribution in [0.2, 0.25) is 0 Å². The molecule has 0 amide bonds. The second-order valence-electron chi connectivity index (χ2n) is 6.66. The summed E-state index contributed by atoms with van der Waals surface area (Å²) < 4.78 is 0. The van der Waals surface area contributed by atoms with Gasteiger partial charge in [0.25, 0.3) is 0 Å². The molecule has 0 aromatic heterocycles. The lowest BCUT2D eigenvalue weighted by Gasteiger charge is -2.35. The number of piperidine rings is 1. The van der Waals surface area contributed by atoms with Crippen LogP contribution in [0.25, 0.3) is 0 Å². The first kappa shape index (κ1) is 15.2. The fraction of sp³-hybridized carbons (Fsp3) is 0.588. The summed E-state index contributed by atoms with van der Waals surface area (Å²) >= 11 is 0. The van der Waals surface area contributed by atoms with Crippen LogP contribution in [-0.2, 0) is 11.2 Å². The summed E-state index contributed by atoms with van der Waals surface area (Å²) in [5.41, 5.74) is 3.15. The van der Waals surface area contributed by atoms with Gasteiger partial charge in [-0.3, -0.25) is 0 Å². The van der Waals surface area contributed by atoms with E-state index < -0.39 is 12.0 Å². The highest BCUT2D eigenvalue weighted by Gasteiger charge is 2.27. The van der Waals surface area contributed by atoms with Gasteiger partial charge in [-0.2, -0.15) is 0 Å². The third-order valence-electron chi connectivity index (χ3n) is 4.79. The molecule has 1 saturated heterocycles. The maximum Gasteiger partial charge on any atom is 0.326 e. The lowest BCUT2D eigenvalue weighted by atomic mass is 10.0. The first-order valence-corrected chi connectivity index (χ1v) is 8.16. The SMILES string of the molecule is CC(C)N1CCC(Nc2ccc3c(c2)CC(C(=O)O)N3)CC1. The van der Waals surface area contributed by atoms with Gasteiger partial charge in [0.15, 0.2) is 0 Å². The minimum absolute atomic E-state index is 0.487. The van der Waals surface area contributed by atoms with Crippen LogP contribution >= 0.6 is 0 Å². The Kier molecular flexibility index (Phi) is 4.25. The number of anilines is 2. The van der Waals surface area contributed by atoms with Crippen molar-refractivity contribution in [3.63, 3.8) is 0 Å². The molecule has 2 heterocycles. The van der Waals surface area contributed by atoms with Crippen LogP contribution in [0.5, 0.6) is 0 Å². The van der Waals surface area contributed by atoms with Gasteiger partial charge in [-0.1, -0.05) is 0 Å². The van der Waals surface area contributed by atoms with Crippen molar-refractivity contribution in [3.05, 3.63) is 23.8 Å². The van der Waals surface area contributed by atoms with E-state index in [0.717, 1.165) is 42.9 Å². The molecule has 5 heteroatoms. The Labute approximate surface area is 131 Å². The van der Waals surface area contributed by atoms with E-state index in [1.54, 1.807) is 0 Å². The number of hydrogen-bond donors (Lipinski definition) is 3. The Morgan fingerprint density at radius 2 is 2.09 bits per heavy atom. The zero-order valence-corrected chi connectivity index (χ0v) is 13.3.